The molecule has 2 aliphatic heterocycles. The number of anilines is 1. The largest absolute Gasteiger partial charge is 0.444 e. The molecule has 0 unspecified atom stereocenters. The highest BCUT2D eigenvalue weighted by Gasteiger charge is 2.33. The predicted octanol–water partition coefficient (Wildman–Crippen LogP) is 3.15. The Labute approximate surface area is 165 Å². The lowest BCUT2D eigenvalue weighted by molar-refractivity contribution is 0.0258. The fourth-order valence-electron chi connectivity index (χ4n) is 4.18. The van der Waals surface area contributed by atoms with Gasteiger partial charge in [-0.25, -0.2) is 9.78 Å². The van der Waals surface area contributed by atoms with Gasteiger partial charge in [0.2, 0.25) is 0 Å². The molecule has 4 heterocycles. The fourth-order valence-corrected chi connectivity index (χ4v) is 4.18. The number of hydrogen-bond acceptors (Lipinski definition) is 5. The van der Waals surface area contributed by atoms with Crippen LogP contribution in [-0.4, -0.2) is 57.4 Å². The molecule has 0 atom stereocenters. The van der Waals surface area contributed by atoms with Crippen LogP contribution in [0.3, 0.4) is 0 Å². The van der Waals surface area contributed by atoms with E-state index >= 15 is 0 Å². The molecule has 2 aromatic heterocycles. The van der Waals surface area contributed by atoms with Crippen LogP contribution in [-0.2, 0) is 17.6 Å². The van der Waals surface area contributed by atoms with Crippen molar-refractivity contribution >= 4 is 17.6 Å². The van der Waals surface area contributed by atoms with Gasteiger partial charge in [-0.2, -0.15) is 9.61 Å². The van der Waals surface area contributed by atoms with E-state index in [0.29, 0.717) is 19.0 Å². The summed E-state index contributed by atoms with van der Waals surface area (Å²) in [5.41, 5.74) is 4.22. The summed E-state index contributed by atoms with van der Waals surface area (Å²) in [6, 6.07) is 0. The van der Waals surface area contributed by atoms with Gasteiger partial charge in [-0.15, -0.1) is 0 Å². The van der Waals surface area contributed by atoms with E-state index in [1.807, 2.05) is 31.9 Å². The molecule has 7 heteroatoms. The number of fused-ring (bicyclic) bond motifs is 2. The predicted molar refractivity (Wildman–Crippen MR) is 107 cm³/mol. The zero-order valence-electron chi connectivity index (χ0n) is 17.1. The summed E-state index contributed by atoms with van der Waals surface area (Å²) in [5.74, 6) is 1.82. The Morgan fingerprint density at radius 3 is 2.54 bits per heavy atom. The Morgan fingerprint density at radius 2 is 1.89 bits per heavy atom. The first-order valence-electron chi connectivity index (χ1n) is 10.5. The van der Waals surface area contributed by atoms with Crippen LogP contribution in [0.5, 0.6) is 0 Å². The van der Waals surface area contributed by atoms with Crippen LogP contribution in [0.4, 0.5) is 10.6 Å². The van der Waals surface area contributed by atoms with E-state index in [9.17, 15) is 4.79 Å². The van der Waals surface area contributed by atoms with E-state index < -0.39 is 5.60 Å². The third kappa shape index (κ3) is 3.10. The van der Waals surface area contributed by atoms with Crippen molar-refractivity contribution in [2.45, 2.75) is 64.4 Å². The molecule has 150 valence electrons. The maximum absolute atomic E-state index is 12.6. The molecule has 1 amide bonds. The molecule has 1 saturated carbocycles. The van der Waals surface area contributed by atoms with Crippen molar-refractivity contribution in [3.05, 3.63) is 23.0 Å². The topological polar surface area (TPSA) is 63.0 Å². The number of aromatic nitrogens is 3. The summed E-state index contributed by atoms with van der Waals surface area (Å²) in [6.07, 6.45) is 7.06. The van der Waals surface area contributed by atoms with Gasteiger partial charge in [-0.05, 0) is 52.4 Å². The smallest absolute Gasteiger partial charge is 0.410 e. The second-order valence-corrected chi connectivity index (χ2v) is 9.28. The molecule has 1 saturated heterocycles. The molecule has 7 nitrogen and oxygen atoms in total. The highest BCUT2D eigenvalue weighted by atomic mass is 16.6. The van der Waals surface area contributed by atoms with Gasteiger partial charge in [0, 0.05) is 43.7 Å². The summed E-state index contributed by atoms with van der Waals surface area (Å²) >= 11 is 0. The molecular formula is C21H29N5O2. The van der Waals surface area contributed by atoms with E-state index in [1.54, 1.807) is 0 Å². The quantitative estimate of drug-likeness (QED) is 0.797. The molecule has 28 heavy (non-hydrogen) atoms. The molecule has 0 spiro atoms. The molecule has 2 fully saturated rings. The van der Waals surface area contributed by atoms with Gasteiger partial charge >= 0.3 is 6.09 Å². The van der Waals surface area contributed by atoms with Crippen LogP contribution >= 0.6 is 0 Å². The second-order valence-electron chi connectivity index (χ2n) is 9.28. The maximum Gasteiger partial charge on any atom is 0.410 e. The monoisotopic (exact) mass is 383 g/mol. The van der Waals surface area contributed by atoms with Gasteiger partial charge in [0.1, 0.15) is 11.4 Å². The lowest BCUT2D eigenvalue weighted by atomic mass is 10.1. The fraction of sp³-hybridized carbons (Fsp3) is 0.667. The Hall–Kier alpha value is -2.31. The van der Waals surface area contributed by atoms with Gasteiger partial charge < -0.3 is 14.5 Å². The number of ether oxygens (including phenoxy) is 1. The van der Waals surface area contributed by atoms with Crippen LogP contribution in [0.15, 0.2) is 6.20 Å². The van der Waals surface area contributed by atoms with E-state index in [0.717, 1.165) is 37.3 Å². The van der Waals surface area contributed by atoms with E-state index in [-0.39, 0.29) is 6.09 Å². The minimum atomic E-state index is -0.475. The molecule has 0 bridgehead atoms. The number of carbonyl (C=O) groups excluding carboxylic acids is 1. The number of nitrogens with zero attached hydrogens (tertiary/aromatic N) is 5. The third-order valence-corrected chi connectivity index (χ3v) is 5.91. The molecular weight excluding hydrogens is 354 g/mol. The number of hydrogen-bond donors (Lipinski definition) is 0. The van der Waals surface area contributed by atoms with Gasteiger partial charge in [0.15, 0.2) is 5.65 Å². The lowest BCUT2D eigenvalue weighted by Gasteiger charge is -2.35. The SMILES string of the molecule is CC(C)(C)OC(=O)N1CCc2nc3c(C4CC4)cnn3c(N3CCC3)c2CC1. The van der Waals surface area contributed by atoms with Crippen LogP contribution in [0, 0.1) is 0 Å². The van der Waals surface area contributed by atoms with Crippen molar-refractivity contribution in [1.82, 2.24) is 19.5 Å². The first-order valence-corrected chi connectivity index (χ1v) is 10.5. The molecule has 3 aliphatic rings. The van der Waals surface area contributed by atoms with Crippen molar-refractivity contribution in [3.8, 4) is 0 Å². The lowest BCUT2D eigenvalue weighted by Crippen LogP contribution is -2.40. The van der Waals surface area contributed by atoms with Gasteiger partial charge in [-0.3, -0.25) is 0 Å². The van der Waals surface area contributed by atoms with Gasteiger partial charge in [-0.1, -0.05) is 0 Å². The molecule has 5 rings (SSSR count). The Morgan fingerprint density at radius 1 is 1.14 bits per heavy atom. The van der Waals surface area contributed by atoms with Crippen LogP contribution in [0.2, 0.25) is 0 Å². The average molecular weight is 383 g/mol. The highest BCUT2D eigenvalue weighted by molar-refractivity contribution is 5.69. The molecule has 0 radical (unpaired) electrons. The van der Waals surface area contributed by atoms with Crippen molar-refractivity contribution < 1.29 is 9.53 Å². The third-order valence-electron chi connectivity index (χ3n) is 5.91. The Kier molecular flexibility index (Phi) is 4.03. The summed E-state index contributed by atoms with van der Waals surface area (Å²) in [5, 5.41) is 4.73. The maximum atomic E-state index is 12.6. The summed E-state index contributed by atoms with van der Waals surface area (Å²) in [4.78, 5) is 21.9. The Balaban J connectivity index is 1.50. The number of rotatable bonds is 2. The first-order chi connectivity index (χ1) is 13.4. The average Bonchev–Trinajstić information content (AvgIpc) is 3.35. The number of amides is 1. The van der Waals surface area contributed by atoms with E-state index in [1.165, 1.54) is 36.2 Å². The second kappa shape index (κ2) is 6.36. The van der Waals surface area contributed by atoms with Crippen molar-refractivity contribution in [2.75, 3.05) is 31.1 Å². The van der Waals surface area contributed by atoms with E-state index in [2.05, 4.69) is 9.42 Å². The van der Waals surface area contributed by atoms with Crippen molar-refractivity contribution in [3.63, 3.8) is 0 Å². The van der Waals surface area contributed by atoms with Crippen LogP contribution < -0.4 is 4.90 Å². The molecule has 2 aromatic rings. The van der Waals surface area contributed by atoms with E-state index in [4.69, 9.17) is 14.8 Å². The van der Waals surface area contributed by atoms with Crippen molar-refractivity contribution in [1.29, 1.82) is 0 Å². The van der Waals surface area contributed by atoms with Gasteiger partial charge in [0.25, 0.3) is 0 Å². The van der Waals surface area contributed by atoms with Crippen molar-refractivity contribution in [2.24, 2.45) is 0 Å². The van der Waals surface area contributed by atoms with Crippen LogP contribution in [0.1, 0.15) is 62.8 Å². The Bertz CT molecular complexity index is 921. The summed E-state index contributed by atoms with van der Waals surface area (Å²) in [7, 11) is 0. The normalized spacial score (nSPS) is 20.0. The number of carbonyl (C=O) groups is 1. The molecule has 0 aromatic carbocycles. The minimum absolute atomic E-state index is 0.228. The zero-order valence-corrected chi connectivity index (χ0v) is 17.1. The summed E-state index contributed by atoms with van der Waals surface area (Å²) in [6.45, 7) is 9.18. The minimum Gasteiger partial charge on any atom is -0.444 e. The van der Waals surface area contributed by atoms with Gasteiger partial charge in [0.05, 0.1) is 11.9 Å². The summed E-state index contributed by atoms with van der Waals surface area (Å²) < 4.78 is 7.67. The standard InChI is InChI=1S/C21H29N5O2/c1-21(2,3)28-20(27)25-11-7-15-17(8-12-25)23-18-16(14-5-6-14)13-22-26(18)19(15)24-9-4-10-24/h13-14H,4-12H2,1-3H3. The van der Waals surface area contributed by atoms with Crippen LogP contribution in [0.25, 0.3) is 5.65 Å². The zero-order chi connectivity index (χ0) is 19.5. The highest BCUT2D eigenvalue weighted by Crippen LogP contribution is 2.43. The first kappa shape index (κ1) is 17.8. The molecule has 0 N–H and O–H groups in total. The molecule has 1 aliphatic carbocycles.